The predicted molar refractivity (Wildman–Crippen MR) is 282 cm³/mol. The summed E-state index contributed by atoms with van der Waals surface area (Å²) < 4.78 is 21.0. The Labute approximate surface area is 429 Å². The monoisotopic (exact) mass is 1250 g/mol. The van der Waals surface area contributed by atoms with Crippen molar-refractivity contribution >= 4 is 94.9 Å². The van der Waals surface area contributed by atoms with Crippen molar-refractivity contribution in [3.63, 3.8) is 0 Å². The highest BCUT2D eigenvalue weighted by atomic mass is 128. The molecule has 0 amide bonds. The van der Waals surface area contributed by atoms with Gasteiger partial charge < -0.3 is 14.2 Å². The second kappa shape index (κ2) is 23.1. The number of aromatic nitrogens is 12. The zero-order valence-corrected chi connectivity index (χ0v) is 44.6. The molecule has 0 radical (unpaired) electrons. The van der Waals surface area contributed by atoms with Crippen LogP contribution in [0.2, 0.25) is 5.15 Å². The molecule has 0 aromatic carbocycles. The number of nitrogens with zero attached hydrogens (tertiary/aromatic N) is 12. The van der Waals surface area contributed by atoms with Gasteiger partial charge in [-0.05, 0) is 112 Å². The lowest BCUT2D eigenvalue weighted by atomic mass is 10.1. The van der Waals surface area contributed by atoms with Gasteiger partial charge in [-0.3, -0.25) is 29.3 Å². The van der Waals surface area contributed by atoms with Crippen LogP contribution in [0.3, 0.4) is 0 Å². The van der Waals surface area contributed by atoms with Crippen LogP contribution < -0.4 is 14.2 Å². The van der Waals surface area contributed by atoms with E-state index >= 15 is 0 Å². The van der Waals surface area contributed by atoms with E-state index in [1.54, 1.807) is 24.2 Å². The van der Waals surface area contributed by atoms with Gasteiger partial charge in [0.2, 0.25) is 5.88 Å². The normalized spacial score (nSPS) is 16.9. The van der Waals surface area contributed by atoms with Crippen molar-refractivity contribution in [3.05, 3.63) is 136 Å². The van der Waals surface area contributed by atoms with E-state index in [9.17, 15) is 0 Å². The lowest BCUT2D eigenvalue weighted by Crippen LogP contribution is -2.09. The third-order valence-electron chi connectivity index (χ3n) is 11.8. The quantitative estimate of drug-likeness (QED) is 0.0704. The second-order valence-electron chi connectivity index (χ2n) is 16.4. The number of rotatable bonds is 15. The first-order valence-corrected chi connectivity index (χ1v) is 28.1. The Bertz CT molecular complexity index is 2900. The fraction of sp³-hybridized carbons (Fsp3) is 0.362. The Morgan fingerprint density at radius 2 is 1.11 bits per heavy atom. The van der Waals surface area contributed by atoms with Gasteiger partial charge in [-0.15, -0.1) is 24.0 Å². The Morgan fingerprint density at radius 1 is 0.621 bits per heavy atom. The largest absolute Gasteiger partial charge is 0.481 e. The third kappa shape index (κ3) is 12.6. The molecule has 8 heterocycles. The van der Waals surface area contributed by atoms with Crippen molar-refractivity contribution in [2.75, 3.05) is 20.3 Å². The standard InChI is InChI=1S/C24H26N6O2.C23H23ClN6O.I2.HI/c1-15-19(7-6-16-12-26-30(2)13-16)28-24(29-23(15)31-3)32-14-17-11-18(17)20-8-9-21-22(27-20)5-4-10-25-21;1-14-18(6-5-15-11-26-30(2)12-15)28-23(29-22(14)24)31-13-16-10-17(16)19-7-8-20-21(27-19)4-3-9-25-20;1-2;/h4-5,8-10,12-13,17-18H,6-7,11,14H2,1-3H3;3-4,7-9,11-12,16-17H,5-6,10,13H2,1-2H3;;1H/t17-,18+;16-,17+;;/m11../s1. The van der Waals surface area contributed by atoms with Crippen LogP contribution in [0, 0.1) is 25.7 Å². The average Bonchev–Trinajstić information content (AvgIpc) is 4.21. The zero-order chi connectivity index (χ0) is 45.5. The lowest BCUT2D eigenvalue weighted by Gasteiger charge is -2.12. The molecule has 344 valence electrons. The Balaban J connectivity index is 0.000000187. The molecule has 0 bridgehead atoms. The molecule has 2 saturated carbocycles. The first kappa shape index (κ1) is 49.5. The average molecular weight is 1250 g/mol. The summed E-state index contributed by atoms with van der Waals surface area (Å²) in [5, 5.41) is 8.90. The van der Waals surface area contributed by atoms with Crippen LogP contribution in [0.1, 0.15) is 69.7 Å². The van der Waals surface area contributed by atoms with Gasteiger partial charge in [0.15, 0.2) is 0 Å². The summed E-state index contributed by atoms with van der Waals surface area (Å²) in [7, 11) is 5.46. The van der Waals surface area contributed by atoms with E-state index in [2.05, 4.69) is 89.5 Å². The van der Waals surface area contributed by atoms with Crippen LogP contribution in [-0.4, -0.2) is 79.8 Å². The first-order valence-electron chi connectivity index (χ1n) is 21.4. The third-order valence-corrected chi connectivity index (χ3v) is 12.1. The van der Waals surface area contributed by atoms with E-state index < -0.39 is 0 Å². The van der Waals surface area contributed by atoms with Crippen molar-refractivity contribution in [2.45, 2.75) is 64.2 Å². The molecule has 0 unspecified atom stereocenters. The summed E-state index contributed by atoms with van der Waals surface area (Å²) in [5.41, 5.74) is 11.9. The maximum atomic E-state index is 6.35. The van der Waals surface area contributed by atoms with Gasteiger partial charge >= 0.3 is 12.0 Å². The highest BCUT2D eigenvalue weighted by molar-refractivity contribution is 15.0. The van der Waals surface area contributed by atoms with Crippen molar-refractivity contribution in [2.24, 2.45) is 25.9 Å². The maximum Gasteiger partial charge on any atom is 0.319 e. The minimum atomic E-state index is 0. The molecule has 10 rings (SSSR count). The van der Waals surface area contributed by atoms with E-state index in [1.807, 2.05) is 93.8 Å². The van der Waals surface area contributed by atoms with Crippen LogP contribution in [0.4, 0.5) is 0 Å². The lowest BCUT2D eigenvalue weighted by molar-refractivity contribution is 0.266. The molecule has 0 N–H and O–H groups in total. The molecular weight excluding hydrogens is 1200 g/mol. The summed E-state index contributed by atoms with van der Waals surface area (Å²) in [4.78, 5) is 36.3. The number of pyridine rings is 4. The molecule has 15 nitrogen and oxygen atoms in total. The number of aryl methyl sites for hydroxylation is 6. The molecule has 4 atom stereocenters. The maximum absolute atomic E-state index is 6.35. The Kier molecular flexibility index (Phi) is 17.3. The molecule has 2 aliphatic rings. The van der Waals surface area contributed by atoms with Crippen LogP contribution in [0.25, 0.3) is 22.1 Å². The molecule has 0 saturated heterocycles. The Hall–Kier alpha value is -4.42. The van der Waals surface area contributed by atoms with Crippen LogP contribution in [0.15, 0.2) is 85.7 Å². The summed E-state index contributed by atoms with van der Waals surface area (Å²) >= 11 is 10.6. The van der Waals surface area contributed by atoms with Gasteiger partial charge in [0.1, 0.15) is 5.15 Å². The summed E-state index contributed by atoms with van der Waals surface area (Å²) in [6, 6.07) is 16.7. The fourth-order valence-electron chi connectivity index (χ4n) is 7.88. The molecule has 8 aromatic rings. The second-order valence-corrected chi connectivity index (χ2v) is 16.7. The minimum absolute atomic E-state index is 0. The van der Waals surface area contributed by atoms with Gasteiger partial charge in [0, 0.05) is 122 Å². The first-order chi connectivity index (χ1) is 31.7. The van der Waals surface area contributed by atoms with Crippen LogP contribution in [0.5, 0.6) is 17.9 Å². The molecule has 2 fully saturated rings. The summed E-state index contributed by atoms with van der Waals surface area (Å²) in [5.74, 6) is 2.18. The van der Waals surface area contributed by atoms with E-state index in [-0.39, 0.29) is 24.0 Å². The highest BCUT2D eigenvalue weighted by Gasteiger charge is 2.41. The van der Waals surface area contributed by atoms with Crippen molar-refractivity contribution in [3.8, 4) is 17.9 Å². The smallest absolute Gasteiger partial charge is 0.319 e. The highest BCUT2D eigenvalue weighted by Crippen LogP contribution is 2.48. The molecule has 0 spiro atoms. The number of hydrogen-bond donors (Lipinski definition) is 0. The van der Waals surface area contributed by atoms with E-state index in [0.717, 1.165) is 100 Å². The van der Waals surface area contributed by atoms with Gasteiger partial charge in [0.25, 0.3) is 0 Å². The molecule has 0 aliphatic heterocycles. The zero-order valence-electron chi connectivity index (χ0n) is 37.2. The number of halogens is 4. The van der Waals surface area contributed by atoms with Gasteiger partial charge in [-0.1, -0.05) is 11.6 Å². The molecule has 8 aromatic heterocycles. The van der Waals surface area contributed by atoms with Crippen LogP contribution >= 0.6 is 72.8 Å². The molecule has 66 heavy (non-hydrogen) atoms. The number of ether oxygens (including phenoxy) is 3. The fourth-order valence-corrected chi connectivity index (χ4v) is 8.06. The van der Waals surface area contributed by atoms with Crippen molar-refractivity contribution in [1.29, 1.82) is 0 Å². The van der Waals surface area contributed by atoms with Crippen molar-refractivity contribution < 1.29 is 14.2 Å². The van der Waals surface area contributed by atoms with Gasteiger partial charge in [-0.25, -0.2) is 0 Å². The number of methoxy groups -OCH3 is 1. The number of fused-ring (bicyclic) bond motifs is 2. The van der Waals surface area contributed by atoms with E-state index in [0.29, 0.717) is 59.9 Å². The topological polar surface area (TPSA) is 166 Å². The van der Waals surface area contributed by atoms with E-state index in [4.69, 9.17) is 35.8 Å². The SMILES string of the molecule is COc1nc(OC[C@H]2C[C@@H]2c2ccc3ncccc3n2)nc(CCc2cnn(C)c2)c1C.Cc1c(Cl)nc(OC[C@H]2C[C@@H]2c2ccc3ncccc3n2)nc1CCc1cnn(C)c1.I.II. The molecular formula is C47H50ClI3N12O3. The molecule has 2 aliphatic carbocycles. The summed E-state index contributed by atoms with van der Waals surface area (Å²) in [6.45, 7) is 5.05. The van der Waals surface area contributed by atoms with Crippen molar-refractivity contribution in [1.82, 2.24) is 59.4 Å². The van der Waals surface area contributed by atoms with Crippen LogP contribution in [-0.2, 0) is 39.8 Å². The molecule has 19 heteroatoms. The summed E-state index contributed by atoms with van der Waals surface area (Å²) in [6.07, 6.45) is 16.7. The number of hydrogen-bond acceptors (Lipinski definition) is 13. The van der Waals surface area contributed by atoms with Gasteiger partial charge in [0.05, 0.1) is 66.2 Å². The van der Waals surface area contributed by atoms with E-state index in [1.165, 1.54) is 5.56 Å². The minimum Gasteiger partial charge on any atom is -0.481 e. The van der Waals surface area contributed by atoms with Gasteiger partial charge in [-0.2, -0.15) is 30.1 Å². The Morgan fingerprint density at radius 3 is 1.58 bits per heavy atom. The predicted octanol–water partition coefficient (Wildman–Crippen LogP) is 9.91.